The Morgan fingerprint density at radius 1 is 1.15 bits per heavy atom. The molecule has 1 saturated heterocycles. The van der Waals surface area contributed by atoms with Gasteiger partial charge in [-0.2, -0.15) is 4.31 Å². The highest BCUT2D eigenvalue weighted by Crippen LogP contribution is 2.18. The molecule has 5 nitrogen and oxygen atoms in total. The van der Waals surface area contributed by atoms with Crippen LogP contribution in [0.5, 0.6) is 0 Å². The second-order valence-corrected chi connectivity index (χ2v) is 7.48. The van der Waals surface area contributed by atoms with Crippen LogP contribution in [-0.4, -0.2) is 51.2 Å². The van der Waals surface area contributed by atoms with E-state index in [1.165, 1.54) is 16.1 Å². The van der Waals surface area contributed by atoms with E-state index in [-0.39, 0.29) is 6.04 Å². The number of rotatable bonds is 4. The number of sulfonamides is 1. The maximum Gasteiger partial charge on any atom is 0.211 e. The molecule has 1 aromatic rings. The quantitative estimate of drug-likeness (QED) is 0.886. The van der Waals surface area contributed by atoms with Crippen LogP contribution in [0.2, 0.25) is 0 Å². The third kappa shape index (κ3) is 3.94. The Morgan fingerprint density at radius 2 is 1.70 bits per heavy atom. The van der Waals surface area contributed by atoms with Crippen molar-refractivity contribution >= 4 is 15.7 Å². The first-order valence-corrected chi connectivity index (χ1v) is 8.75. The summed E-state index contributed by atoms with van der Waals surface area (Å²) in [7, 11) is -3.06. The maximum atomic E-state index is 11.5. The SMILES string of the molecule is CC(N)Cc1ccc(N2CCN(S(C)(=O)=O)CC2)cc1. The summed E-state index contributed by atoms with van der Waals surface area (Å²) in [6, 6.07) is 8.55. The fourth-order valence-corrected chi connectivity index (χ4v) is 3.32. The van der Waals surface area contributed by atoms with E-state index in [1.807, 2.05) is 6.92 Å². The number of benzene rings is 1. The van der Waals surface area contributed by atoms with Gasteiger partial charge < -0.3 is 10.6 Å². The van der Waals surface area contributed by atoms with Gasteiger partial charge in [0.05, 0.1) is 6.26 Å². The van der Waals surface area contributed by atoms with Crippen LogP contribution in [0, 0.1) is 0 Å². The van der Waals surface area contributed by atoms with E-state index in [2.05, 4.69) is 29.2 Å². The minimum Gasteiger partial charge on any atom is -0.369 e. The van der Waals surface area contributed by atoms with Gasteiger partial charge >= 0.3 is 0 Å². The Morgan fingerprint density at radius 3 is 2.15 bits per heavy atom. The molecule has 1 aliphatic rings. The molecule has 112 valence electrons. The molecule has 1 heterocycles. The van der Waals surface area contributed by atoms with Crippen molar-refractivity contribution < 1.29 is 8.42 Å². The molecule has 1 aromatic carbocycles. The molecule has 0 bridgehead atoms. The van der Waals surface area contributed by atoms with Crippen molar-refractivity contribution in [2.24, 2.45) is 5.73 Å². The van der Waals surface area contributed by atoms with Crippen LogP contribution in [0.3, 0.4) is 0 Å². The van der Waals surface area contributed by atoms with E-state index in [1.54, 1.807) is 0 Å². The zero-order chi connectivity index (χ0) is 14.8. The first-order chi connectivity index (χ1) is 9.36. The number of hydrogen-bond donors (Lipinski definition) is 1. The van der Waals surface area contributed by atoms with E-state index in [9.17, 15) is 8.42 Å². The summed E-state index contributed by atoms with van der Waals surface area (Å²) < 4.78 is 24.5. The average Bonchev–Trinajstić information content (AvgIpc) is 2.38. The van der Waals surface area contributed by atoms with Crippen LogP contribution in [0.1, 0.15) is 12.5 Å². The molecule has 6 heteroatoms. The molecular weight excluding hydrogens is 274 g/mol. The van der Waals surface area contributed by atoms with E-state index in [0.717, 1.165) is 25.2 Å². The minimum atomic E-state index is -3.06. The van der Waals surface area contributed by atoms with Crippen LogP contribution in [-0.2, 0) is 16.4 Å². The molecule has 20 heavy (non-hydrogen) atoms. The van der Waals surface area contributed by atoms with E-state index in [0.29, 0.717) is 13.1 Å². The Labute approximate surface area is 121 Å². The third-order valence-corrected chi connectivity index (χ3v) is 4.87. The van der Waals surface area contributed by atoms with Gasteiger partial charge in [0, 0.05) is 37.9 Å². The van der Waals surface area contributed by atoms with Crippen LogP contribution in [0.15, 0.2) is 24.3 Å². The Kier molecular flexibility index (Phi) is 4.67. The molecule has 0 amide bonds. The van der Waals surface area contributed by atoms with Gasteiger partial charge in [-0.3, -0.25) is 0 Å². The maximum absolute atomic E-state index is 11.5. The molecule has 2 N–H and O–H groups in total. The molecule has 1 atom stereocenters. The monoisotopic (exact) mass is 297 g/mol. The fourth-order valence-electron chi connectivity index (χ4n) is 2.49. The van der Waals surface area contributed by atoms with Gasteiger partial charge in [0.15, 0.2) is 0 Å². The molecular formula is C14H23N3O2S. The van der Waals surface area contributed by atoms with Gasteiger partial charge in [0.2, 0.25) is 10.0 Å². The fraction of sp³-hybridized carbons (Fsp3) is 0.571. The topological polar surface area (TPSA) is 66.6 Å². The molecule has 0 radical (unpaired) electrons. The number of nitrogens with zero attached hydrogens (tertiary/aromatic N) is 2. The van der Waals surface area contributed by atoms with Gasteiger partial charge in [-0.1, -0.05) is 12.1 Å². The van der Waals surface area contributed by atoms with Crippen LogP contribution in [0.25, 0.3) is 0 Å². The molecule has 0 spiro atoms. The number of nitrogens with two attached hydrogens (primary N) is 1. The van der Waals surface area contributed by atoms with Crippen LogP contribution >= 0.6 is 0 Å². The summed E-state index contributed by atoms with van der Waals surface area (Å²) in [6.45, 7) is 4.58. The smallest absolute Gasteiger partial charge is 0.211 e. The van der Waals surface area contributed by atoms with Crippen LogP contribution in [0.4, 0.5) is 5.69 Å². The summed E-state index contributed by atoms with van der Waals surface area (Å²) in [4.78, 5) is 2.22. The van der Waals surface area contributed by atoms with Crippen molar-refractivity contribution in [3.8, 4) is 0 Å². The van der Waals surface area contributed by atoms with Crippen molar-refractivity contribution in [1.29, 1.82) is 0 Å². The average molecular weight is 297 g/mol. The zero-order valence-corrected chi connectivity index (χ0v) is 12.9. The highest BCUT2D eigenvalue weighted by Gasteiger charge is 2.23. The lowest BCUT2D eigenvalue weighted by Gasteiger charge is -2.34. The van der Waals surface area contributed by atoms with Crippen molar-refractivity contribution in [2.45, 2.75) is 19.4 Å². The third-order valence-electron chi connectivity index (χ3n) is 3.57. The van der Waals surface area contributed by atoms with Gasteiger partial charge in [-0.05, 0) is 31.0 Å². The summed E-state index contributed by atoms with van der Waals surface area (Å²) in [5.41, 5.74) is 8.17. The van der Waals surface area contributed by atoms with E-state index < -0.39 is 10.0 Å². The second kappa shape index (κ2) is 6.11. The van der Waals surface area contributed by atoms with Gasteiger partial charge in [0.1, 0.15) is 0 Å². The van der Waals surface area contributed by atoms with Gasteiger partial charge in [-0.25, -0.2) is 8.42 Å². The minimum absolute atomic E-state index is 0.166. The summed E-state index contributed by atoms with van der Waals surface area (Å²) in [6.07, 6.45) is 2.15. The van der Waals surface area contributed by atoms with Crippen molar-refractivity contribution in [3.05, 3.63) is 29.8 Å². The summed E-state index contributed by atoms with van der Waals surface area (Å²) in [5, 5.41) is 0. The molecule has 1 aliphatic heterocycles. The lowest BCUT2D eigenvalue weighted by molar-refractivity contribution is 0.388. The molecule has 2 rings (SSSR count). The molecule has 1 unspecified atom stereocenters. The number of anilines is 1. The number of piperazine rings is 1. The van der Waals surface area contributed by atoms with E-state index >= 15 is 0 Å². The number of hydrogen-bond acceptors (Lipinski definition) is 4. The first kappa shape index (κ1) is 15.3. The lowest BCUT2D eigenvalue weighted by Crippen LogP contribution is -2.48. The Bertz CT molecular complexity index is 532. The standard InChI is InChI=1S/C14H23N3O2S/c1-12(15)11-13-3-5-14(6-4-13)16-7-9-17(10-8-16)20(2,18)19/h3-6,12H,7-11,15H2,1-2H3. The predicted molar refractivity (Wildman–Crippen MR) is 82.4 cm³/mol. The summed E-state index contributed by atoms with van der Waals surface area (Å²) >= 11 is 0. The second-order valence-electron chi connectivity index (χ2n) is 5.50. The Balaban J connectivity index is 1.97. The predicted octanol–water partition coefficient (Wildman–Crippen LogP) is 0.658. The normalized spacial score (nSPS) is 19.1. The first-order valence-electron chi connectivity index (χ1n) is 6.91. The van der Waals surface area contributed by atoms with Crippen molar-refractivity contribution in [2.75, 3.05) is 37.3 Å². The highest BCUT2D eigenvalue weighted by molar-refractivity contribution is 7.88. The summed E-state index contributed by atoms with van der Waals surface area (Å²) in [5.74, 6) is 0. The Hall–Kier alpha value is -1.11. The van der Waals surface area contributed by atoms with Crippen molar-refractivity contribution in [3.63, 3.8) is 0 Å². The highest BCUT2D eigenvalue weighted by atomic mass is 32.2. The molecule has 0 aromatic heterocycles. The zero-order valence-electron chi connectivity index (χ0n) is 12.1. The largest absolute Gasteiger partial charge is 0.369 e. The van der Waals surface area contributed by atoms with E-state index in [4.69, 9.17) is 5.73 Å². The molecule has 1 fully saturated rings. The van der Waals surface area contributed by atoms with Crippen LogP contribution < -0.4 is 10.6 Å². The molecule has 0 saturated carbocycles. The van der Waals surface area contributed by atoms with Gasteiger partial charge in [0.25, 0.3) is 0 Å². The molecule has 0 aliphatic carbocycles. The van der Waals surface area contributed by atoms with Crippen molar-refractivity contribution in [1.82, 2.24) is 4.31 Å². The lowest BCUT2D eigenvalue weighted by atomic mass is 10.1. The van der Waals surface area contributed by atoms with Gasteiger partial charge in [-0.15, -0.1) is 0 Å².